The maximum absolute atomic E-state index is 11.0. The summed E-state index contributed by atoms with van der Waals surface area (Å²) in [5.41, 5.74) is 0.982. The lowest BCUT2D eigenvalue weighted by molar-refractivity contribution is -0.122. The molecule has 0 bridgehead atoms. The molecule has 0 aromatic heterocycles. The smallest absolute Gasteiger partial charge is 0.222 e. The van der Waals surface area contributed by atoms with Gasteiger partial charge in [-0.25, -0.2) is 0 Å². The molecule has 0 aliphatic rings. The number of methoxy groups -OCH3 is 1. The van der Waals surface area contributed by atoms with Gasteiger partial charge in [0.05, 0.1) is 19.8 Å². The van der Waals surface area contributed by atoms with E-state index >= 15 is 0 Å². The number of carbonyl (C=O) groups is 1. The Balaban J connectivity index is 3.19. The quantitative estimate of drug-likeness (QED) is 0.465. The number of ether oxygens (including phenoxy) is 2. The third-order valence-electron chi connectivity index (χ3n) is 1.45. The van der Waals surface area contributed by atoms with Crippen LogP contribution in [0.1, 0.15) is 13.3 Å². The van der Waals surface area contributed by atoms with Gasteiger partial charge in [-0.2, -0.15) is 0 Å². The van der Waals surface area contributed by atoms with Crippen molar-refractivity contribution in [2.24, 2.45) is 0 Å². The Labute approximate surface area is 85.3 Å². The highest BCUT2D eigenvalue weighted by molar-refractivity contribution is 5.75. The van der Waals surface area contributed by atoms with Crippen LogP contribution in [0.4, 0.5) is 0 Å². The Morgan fingerprint density at radius 3 is 2.71 bits per heavy atom. The van der Waals surface area contributed by atoms with E-state index in [-0.39, 0.29) is 5.91 Å². The topological polar surface area (TPSA) is 47.6 Å². The van der Waals surface area contributed by atoms with Crippen molar-refractivity contribution in [2.45, 2.75) is 13.3 Å². The highest BCUT2D eigenvalue weighted by Crippen LogP contribution is 1.87. The summed E-state index contributed by atoms with van der Waals surface area (Å²) in [6, 6.07) is 0. The van der Waals surface area contributed by atoms with Crippen molar-refractivity contribution in [1.82, 2.24) is 5.32 Å². The Bertz CT molecular complexity index is 180. The monoisotopic (exact) mass is 201 g/mol. The molecule has 1 amide bonds. The minimum Gasteiger partial charge on any atom is -0.384 e. The van der Waals surface area contributed by atoms with E-state index in [2.05, 4.69) is 11.9 Å². The predicted octanol–water partition coefficient (Wildman–Crippen LogP) is 0.732. The Morgan fingerprint density at radius 2 is 2.14 bits per heavy atom. The zero-order valence-electron chi connectivity index (χ0n) is 8.97. The number of nitrogens with one attached hydrogen (secondary N) is 1. The molecule has 0 saturated carbocycles. The molecule has 82 valence electrons. The van der Waals surface area contributed by atoms with E-state index in [9.17, 15) is 4.79 Å². The van der Waals surface area contributed by atoms with Crippen LogP contribution in [0.25, 0.3) is 0 Å². The lowest BCUT2D eigenvalue weighted by atomic mass is 10.4. The molecule has 4 heteroatoms. The summed E-state index contributed by atoms with van der Waals surface area (Å²) >= 11 is 0. The summed E-state index contributed by atoms with van der Waals surface area (Å²) in [7, 11) is 1.57. The van der Waals surface area contributed by atoms with Crippen LogP contribution in [0.5, 0.6) is 0 Å². The van der Waals surface area contributed by atoms with Gasteiger partial charge in [-0.15, -0.1) is 0 Å². The van der Waals surface area contributed by atoms with Crippen LogP contribution in [0.3, 0.4) is 0 Å². The molecule has 14 heavy (non-hydrogen) atoms. The molecule has 0 unspecified atom stereocenters. The van der Waals surface area contributed by atoms with E-state index < -0.39 is 0 Å². The highest BCUT2D eigenvalue weighted by Gasteiger charge is 1.98. The second-order valence-electron chi connectivity index (χ2n) is 3.10. The van der Waals surface area contributed by atoms with Crippen molar-refractivity contribution < 1.29 is 14.3 Å². The molecule has 0 spiro atoms. The van der Waals surface area contributed by atoms with Gasteiger partial charge in [0.1, 0.15) is 0 Å². The molecule has 0 radical (unpaired) electrons. The first-order valence-electron chi connectivity index (χ1n) is 4.64. The lowest BCUT2D eigenvalue weighted by Crippen LogP contribution is -2.28. The summed E-state index contributed by atoms with van der Waals surface area (Å²) in [6.07, 6.45) is 0.400. The normalized spacial score (nSPS) is 9.86. The molecule has 1 N–H and O–H groups in total. The molecule has 0 heterocycles. The van der Waals surface area contributed by atoms with Crippen molar-refractivity contribution in [2.75, 3.05) is 33.5 Å². The first-order valence-corrected chi connectivity index (χ1v) is 4.64. The Morgan fingerprint density at radius 1 is 1.43 bits per heavy atom. The van der Waals surface area contributed by atoms with E-state index in [1.807, 2.05) is 6.92 Å². The first-order chi connectivity index (χ1) is 6.66. The molecule has 0 aromatic carbocycles. The van der Waals surface area contributed by atoms with Crippen LogP contribution in [0.2, 0.25) is 0 Å². The molecule has 0 atom stereocenters. The maximum atomic E-state index is 11.0. The molecular weight excluding hydrogens is 182 g/mol. The molecule has 0 rings (SSSR count). The van der Waals surface area contributed by atoms with E-state index in [0.29, 0.717) is 32.8 Å². The van der Waals surface area contributed by atoms with Crippen LogP contribution >= 0.6 is 0 Å². The van der Waals surface area contributed by atoms with Gasteiger partial charge < -0.3 is 14.8 Å². The van der Waals surface area contributed by atoms with E-state index in [1.54, 1.807) is 7.11 Å². The van der Waals surface area contributed by atoms with Gasteiger partial charge in [-0.1, -0.05) is 12.2 Å². The van der Waals surface area contributed by atoms with Crippen molar-refractivity contribution >= 4 is 5.91 Å². The largest absolute Gasteiger partial charge is 0.384 e. The molecule has 0 aliphatic heterocycles. The van der Waals surface area contributed by atoms with Crippen LogP contribution in [-0.4, -0.2) is 39.4 Å². The molecule has 0 saturated heterocycles. The molecule has 0 aromatic rings. The van der Waals surface area contributed by atoms with Gasteiger partial charge >= 0.3 is 0 Å². The number of carbonyl (C=O) groups excluding carboxylic acids is 1. The van der Waals surface area contributed by atoms with Crippen molar-refractivity contribution in [3.63, 3.8) is 0 Å². The molecule has 0 fully saturated rings. The SMILES string of the molecule is C=C(C)COCCNC(=O)CCOC. The van der Waals surface area contributed by atoms with Gasteiger partial charge in [0.2, 0.25) is 5.91 Å². The highest BCUT2D eigenvalue weighted by atomic mass is 16.5. The molecule has 0 aliphatic carbocycles. The summed E-state index contributed by atoms with van der Waals surface area (Å²) in [6.45, 7) is 7.66. The fourth-order valence-electron chi connectivity index (χ4n) is 0.792. The standard InChI is InChI=1S/C10H19NO3/c1-9(2)8-14-7-5-11-10(12)4-6-13-3/h1,4-8H2,2-3H3,(H,11,12). The van der Waals surface area contributed by atoms with Gasteiger partial charge in [-0.3, -0.25) is 4.79 Å². The first kappa shape index (κ1) is 13.1. The summed E-state index contributed by atoms with van der Waals surface area (Å²) in [5, 5.41) is 2.72. The van der Waals surface area contributed by atoms with Crippen LogP contribution in [-0.2, 0) is 14.3 Å². The summed E-state index contributed by atoms with van der Waals surface area (Å²) < 4.78 is 9.97. The van der Waals surface area contributed by atoms with Crippen molar-refractivity contribution in [3.05, 3.63) is 12.2 Å². The van der Waals surface area contributed by atoms with E-state index in [0.717, 1.165) is 5.57 Å². The van der Waals surface area contributed by atoms with Gasteiger partial charge in [0.15, 0.2) is 0 Å². The second kappa shape index (κ2) is 8.72. The fourth-order valence-corrected chi connectivity index (χ4v) is 0.792. The summed E-state index contributed by atoms with van der Waals surface area (Å²) in [5.74, 6) is -0.00854. The van der Waals surface area contributed by atoms with Crippen molar-refractivity contribution in [3.8, 4) is 0 Å². The van der Waals surface area contributed by atoms with E-state index in [4.69, 9.17) is 9.47 Å². The minimum absolute atomic E-state index is 0.00854. The number of rotatable bonds is 8. The average Bonchev–Trinajstić information content (AvgIpc) is 2.13. The predicted molar refractivity (Wildman–Crippen MR) is 55.1 cm³/mol. The lowest BCUT2D eigenvalue weighted by Gasteiger charge is -2.05. The zero-order valence-corrected chi connectivity index (χ0v) is 8.97. The molecular formula is C10H19NO3. The minimum atomic E-state index is -0.00854. The van der Waals surface area contributed by atoms with Crippen LogP contribution < -0.4 is 5.32 Å². The van der Waals surface area contributed by atoms with Gasteiger partial charge in [0.25, 0.3) is 0 Å². The summed E-state index contributed by atoms with van der Waals surface area (Å²) in [4.78, 5) is 11.0. The fraction of sp³-hybridized carbons (Fsp3) is 0.700. The number of amides is 1. The Hall–Kier alpha value is -0.870. The molecule has 4 nitrogen and oxygen atoms in total. The van der Waals surface area contributed by atoms with Crippen molar-refractivity contribution in [1.29, 1.82) is 0 Å². The zero-order chi connectivity index (χ0) is 10.8. The number of hydrogen-bond donors (Lipinski definition) is 1. The maximum Gasteiger partial charge on any atom is 0.222 e. The second-order valence-corrected chi connectivity index (χ2v) is 3.10. The van der Waals surface area contributed by atoms with E-state index in [1.165, 1.54) is 0 Å². The Kier molecular flexibility index (Phi) is 8.17. The van der Waals surface area contributed by atoms with Crippen LogP contribution in [0.15, 0.2) is 12.2 Å². The van der Waals surface area contributed by atoms with Gasteiger partial charge in [-0.05, 0) is 6.92 Å². The third kappa shape index (κ3) is 9.22. The third-order valence-corrected chi connectivity index (χ3v) is 1.45. The average molecular weight is 201 g/mol. The number of hydrogen-bond acceptors (Lipinski definition) is 3. The van der Waals surface area contributed by atoms with Crippen LogP contribution in [0, 0.1) is 0 Å². The van der Waals surface area contributed by atoms with Gasteiger partial charge in [0, 0.05) is 20.1 Å².